The number of halogens is 1. The predicted octanol–water partition coefficient (Wildman–Crippen LogP) is 3.74. The second-order valence-corrected chi connectivity index (χ2v) is 7.64. The number of carbonyl (C=O) groups excluding carboxylic acids is 1. The molecular weight excluding hydrogens is 284 g/mol. The molecule has 0 bridgehead atoms. The number of rotatable bonds is 3. The van der Waals surface area contributed by atoms with E-state index in [4.69, 9.17) is 11.6 Å². The second kappa shape index (κ2) is 4.72. The summed E-state index contributed by atoms with van der Waals surface area (Å²) in [7, 11) is 0. The van der Waals surface area contributed by atoms with E-state index in [2.05, 4.69) is 31.0 Å². The molecule has 1 saturated carbocycles. The largest absolute Gasteiger partial charge is 0.318 e. The van der Waals surface area contributed by atoms with Crippen LogP contribution in [0.15, 0.2) is 24.3 Å². The van der Waals surface area contributed by atoms with Gasteiger partial charge in [-0.15, -0.1) is 0 Å². The van der Waals surface area contributed by atoms with E-state index >= 15 is 0 Å². The molecule has 1 amide bonds. The molecule has 2 fully saturated rings. The number of nitrogens with zero attached hydrogens (tertiary/aromatic N) is 1. The van der Waals surface area contributed by atoms with Crippen molar-refractivity contribution in [3.63, 3.8) is 0 Å². The van der Waals surface area contributed by atoms with Gasteiger partial charge in [0.05, 0.1) is 5.54 Å². The molecule has 114 valence electrons. The summed E-state index contributed by atoms with van der Waals surface area (Å²) >= 11 is 5.99. The first-order valence-corrected chi connectivity index (χ1v) is 8.02. The molecule has 1 N–H and O–H groups in total. The molecule has 3 unspecified atom stereocenters. The van der Waals surface area contributed by atoms with E-state index in [1.165, 1.54) is 0 Å². The number of amides is 1. The van der Waals surface area contributed by atoms with Gasteiger partial charge in [-0.1, -0.05) is 44.5 Å². The van der Waals surface area contributed by atoms with Gasteiger partial charge in [-0.05, 0) is 42.9 Å². The zero-order chi connectivity index (χ0) is 15.4. The summed E-state index contributed by atoms with van der Waals surface area (Å²) in [5.41, 5.74) is 0.858. The van der Waals surface area contributed by atoms with Crippen LogP contribution in [0.1, 0.15) is 52.3 Å². The summed E-state index contributed by atoms with van der Waals surface area (Å²) in [4.78, 5) is 15.0. The van der Waals surface area contributed by atoms with Gasteiger partial charge in [0.1, 0.15) is 6.17 Å². The Morgan fingerprint density at radius 1 is 1.29 bits per heavy atom. The average molecular weight is 307 g/mol. The van der Waals surface area contributed by atoms with Crippen molar-refractivity contribution in [2.45, 2.75) is 58.3 Å². The van der Waals surface area contributed by atoms with Crippen molar-refractivity contribution < 1.29 is 4.79 Å². The topological polar surface area (TPSA) is 32.3 Å². The van der Waals surface area contributed by atoms with Gasteiger partial charge in [-0.25, -0.2) is 0 Å². The Morgan fingerprint density at radius 2 is 1.86 bits per heavy atom. The zero-order valence-electron chi connectivity index (χ0n) is 13.1. The fourth-order valence-corrected chi connectivity index (χ4v) is 3.34. The van der Waals surface area contributed by atoms with E-state index < -0.39 is 5.54 Å². The molecule has 1 aliphatic carbocycles. The monoisotopic (exact) mass is 306 g/mol. The van der Waals surface area contributed by atoms with Crippen LogP contribution < -0.4 is 5.32 Å². The normalized spacial score (nSPS) is 34.3. The summed E-state index contributed by atoms with van der Waals surface area (Å²) in [5, 5.41) is 4.27. The van der Waals surface area contributed by atoms with Crippen molar-refractivity contribution in [1.29, 1.82) is 0 Å². The third-order valence-corrected chi connectivity index (χ3v) is 5.38. The van der Waals surface area contributed by atoms with Crippen molar-refractivity contribution in [3.8, 4) is 0 Å². The summed E-state index contributed by atoms with van der Waals surface area (Å²) in [6.07, 6.45) is 1.82. The Morgan fingerprint density at radius 3 is 2.33 bits per heavy atom. The maximum absolute atomic E-state index is 12.9. The van der Waals surface area contributed by atoms with E-state index in [-0.39, 0.29) is 17.5 Å². The first-order chi connectivity index (χ1) is 9.78. The standard InChI is InChI=1S/C17H23ClN2O/c1-5-17(4)15(21)20(13-10-16(13,2)3)14(19-17)11-6-8-12(18)9-7-11/h6-9,13-14,19H,5,10H2,1-4H3. The lowest BCUT2D eigenvalue weighted by Crippen LogP contribution is -2.43. The first-order valence-electron chi connectivity index (χ1n) is 7.64. The molecule has 1 aromatic rings. The van der Waals surface area contributed by atoms with Gasteiger partial charge in [0.25, 0.3) is 0 Å². The molecule has 3 rings (SSSR count). The molecule has 3 nitrogen and oxygen atoms in total. The van der Waals surface area contributed by atoms with Crippen LogP contribution in [0.4, 0.5) is 0 Å². The number of nitrogens with one attached hydrogen (secondary N) is 1. The van der Waals surface area contributed by atoms with E-state index in [0.29, 0.717) is 6.04 Å². The van der Waals surface area contributed by atoms with Crippen LogP contribution >= 0.6 is 11.6 Å². The Hall–Kier alpha value is -1.06. The summed E-state index contributed by atoms with van der Waals surface area (Å²) in [5.74, 6) is 0.223. The van der Waals surface area contributed by atoms with Crippen LogP contribution in [-0.2, 0) is 4.79 Å². The van der Waals surface area contributed by atoms with Crippen molar-refractivity contribution in [2.24, 2.45) is 5.41 Å². The molecule has 2 aliphatic rings. The summed E-state index contributed by atoms with van der Waals surface area (Å²) in [6, 6.07) is 8.13. The quantitative estimate of drug-likeness (QED) is 0.922. The van der Waals surface area contributed by atoms with Crippen molar-refractivity contribution in [3.05, 3.63) is 34.9 Å². The molecular formula is C17H23ClN2O. The fourth-order valence-electron chi connectivity index (χ4n) is 3.21. The lowest BCUT2D eigenvalue weighted by molar-refractivity contribution is -0.134. The minimum atomic E-state index is -0.469. The Labute approximate surface area is 131 Å². The highest BCUT2D eigenvalue weighted by Gasteiger charge is 2.59. The molecule has 3 atom stereocenters. The smallest absolute Gasteiger partial charge is 0.244 e. The zero-order valence-corrected chi connectivity index (χ0v) is 13.9. The molecule has 0 spiro atoms. The lowest BCUT2D eigenvalue weighted by atomic mass is 9.99. The Bertz CT molecular complexity index is 569. The van der Waals surface area contributed by atoms with Crippen LogP contribution in [-0.4, -0.2) is 22.4 Å². The van der Waals surface area contributed by atoms with Gasteiger partial charge in [0, 0.05) is 11.1 Å². The SMILES string of the molecule is CCC1(C)NC(c2ccc(Cl)cc2)N(C2CC2(C)C)C1=O. The predicted molar refractivity (Wildman–Crippen MR) is 85.1 cm³/mol. The van der Waals surface area contributed by atoms with Gasteiger partial charge in [0.2, 0.25) is 5.91 Å². The first kappa shape index (κ1) is 14.9. The van der Waals surface area contributed by atoms with E-state index in [0.717, 1.165) is 23.4 Å². The highest BCUT2D eigenvalue weighted by Crippen LogP contribution is 2.53. The van der Waals surface area contributed by atoms with Crippen molar-refractivity contribution in [2.75, 3.05) is 0 Å². The Balaban J connectivity index is 1.97. The summed E-state index contributed by atoms with van der Waals surface area (Å²) in [6.45, 7) is 8.52. The third-order valence-electron chi connectivity index (χ3n) is 5.13. The van der Waals surface area contributed by atoms with Crippen LogP contribution in [0.3, 0.4) is 0 Å². The summed E-state index contributed by atoms with van der Waals surface area (Å²) < 4.78 is 0. The minimum Gasteiger partial charge on any atom is -0.318 e. The Kier molecular flexibility index (Phi) is 3.34. The van der Waals surface area contributed by atoms with Crippen LogP contribution in [0, 0.1) is 5.41 Å². The molecule has 1 aliphatic heterocycles. The minimum absolute atomic E-state index is 0.0495. The molecule has 1 heterocycles. The van der Waals surface area contributed by atoms with Gasteiger partial charge in [0.15, 0.2) is 0 Å². The maximum atomic E-state index is 12.9. The van der Waals surface area contributed by atoms with Crippen LogP contribution in [0.2, 0.25) is 5.02 Å². The molecule has 0 radical (unpaired) electrons. The molecule has 4 heteroatoms. The van der Waals surface area contributed by atoms with Gasteiger partial charge < -0.3 is 4.90 Å². The number of benzene rings is 1. The van der Waals surface area contributed by atoms with E-state index in [1.54, 1.807) is 0 Å². The maximum Gasteiger partial charge on any atom is 0.244 e. The third kappa shape index (κ3) is 2.36. The van der Waals surface area contributed by atoms with Crippen LogP contribution in [0.5, 0.6) is 0 Å². The van der Waals surface area contributed by atoms with Crippen LogP contribution in [0.25, 0.3) is 0 Å². The van der Waals surface area contributed by atoms with Crippen molar-refractivity contribution >= 4 is 17.5 Å². The van der Waals surface area contributed by atoms with Gasteiger partial charge in [-0.2, -0.15) is 0 Å². The van der Waals surface area contributed by atoms with Gasteiger partial charge in [-0.3, -0.25) is 10.1 Å². The number of hydrogen-bond acceptors (Lipinski definition) is 2. The van der Waals surface area contributed by atoms with Crippen molar-refractivity contribution in [1.82, 2.24) is 10.2 Å². The highest BCUT2D eigenvalue weighted by molar-refractivity contribution is 6.30. The van der Waals surface area contributed by atoms with Gasteiger partial charge >= 0.3 is 0 Å². The average Bonchev–Trinajstić information content (AvgIpc) is 2.97. The molecule has 0 aromatic heterocycles. The fraction of sp³-hybridized carbons (Fsp3) is 0.588. The number of hydrogen-bond donors (Lipinski definition) is 1. The molecule has 1 aromatic carbocycles. The number of carbonyl (C=O) groups is 1. The highest BCUT2D eigenvalue weighted by atomic mass is 35.5. The molecule has 1 saturated heterocycles. The lowest BCUT2D eigenvalue weighted by Gasteiger charge is -2.26. The molecule has 21 heavy (non-hydrogen) atoms. The second-order valence-electron chi connectivity index (χ2n) is 7.21. The van der Waals surface area contributed by atoms with E-state index in [9.17, 15) is 4.79 Å². The van der Waals surface area contributed by atoms with E-state index in [1.807, 2.05) is 31.2 Å².